The number of piperazine rings is 1. The molecule has 156 valence electrons. The van der Waals surface area contributed by atoms with Crippen LogP contribution in [0.4, 0.5) is 23.2 Å². The van der Waals surface area contributed by atoms with Gasteiger partial charge in [-0.3, -0.25) is 14.6 Å². The topological polar surface area (TPSA) is 35.6 Å². The van der Waals surface area contributed by atoms with Crippen LogP contribution >= 0.6 is 11.6 Å². The first kappa shape index (κ1) is 21.5. The van der Waals surface area contributed by atoms with Gasteiger partial charge in [-0.25, -0.2) is 4.39 Å². The maximum atomic E-state index is 13.3. The third-order valence-corrected chi connectivity index (χ3v) is 5.02. The molecule has 2 aromatic carbocycles. The van der Waals surface area contributed by atoms with Gasteiger partial charge in [-0.05, 0) is 35.9 Å². The fourth-order valence-corrected chi connectivity index (χ4v) is 3.35. The molecule has 1 saturated heterocycles. The predicted octanol–water partition coefficient (Wildman–Crippen LogP) is 4.25. The Labute approximate surface area is 171 Å². The van der Waals surface area contributed by atoms with Gasteiger partial charge in [0.25, 0.3) is 0 Å². The molecule has 1 N–H and O–H groups in total. The van der Waals surface area contributed by atoms with Gasteiger partial charge in [-0.2, -0.15) is 13.2 Å². The van der Waals surface area contributed by atoms with Gasteiger partial charge >= 0.3 is 6.18 Å². The van der Waals surface area contributed by atoms with E-state index in [1.807, 2.05) is 11.0 Å². The number of amides is 1. The van der Waals surface area contributed by atoms with Gasteiger partial charge in [0.2, 0.25) is 5.91 Å². The molecule has 3 rings (SSSR count). The molecule has 0 bridgehead atoms. The Morgan fingerprint density at radius 1 is 1.03 bits per heavy atom. The van der Waals surface area contributed by atoms with Crippen molar-refractivity contribution in [3.63, 3.8) is 0 Å². The number of rotatable bonds is 5. The van der Waals surface area contributed by atoms with Crippen LogP contribution in [0.5, 0.6) is 0 Å². The van der Waals surface area contributed by atoms with Crippen molar-refractivity contribution in [2.75, 3.05) is 38.0 Å². The first-order valence-corrected chi connectivity index (χ1v) is 9.44. The highest BCUT2D eigenvalue weighted by Crippen LogP contribution is 2.33. The molecular weight excluding hydrogens is 410 g/mol. The minimum atomic E-state index is -4.51. The average molecular weight is 430 g/mol. The maximum absolute atomic E-state index is 13.3. The van der Waals surface area contributed by atoms with Crippen molar-refractivity contribution in [2.45, 2.75) is 12.7 Å². The number of hydrogen-bond acceptors (Lipinski definition) is 3. The number of hydrogen-bond donors (Lipinski definition) is 1. The number of benzene rings is 2. The standard InChI is InChI=1S/C20H20ClF4N3O/c21-17-5-4-15(20(23,24)25)11-18(17)26-19(29)13-28-8-6-27(7-9-28)12-14-2-1-3-16(22)10-14/h1-5,10-11H,6-9,12-13H2,(H,26,29). The van der Waals surface area contributed by atoms with E-state index in [2.05, 4.69) is 10.2 Å². The van der Waals surface area contributed by atoms with Crippen molar-refractivity contribution in [3.8, 4) is 0 Å². The van der Waals surface area contributed by atoms with E-state index in [1.165, 1.54) is 12.1 Å². The SMILES string of the molecule is O=C(CN1CCN(Cc2cccc(F)c2)CC1)Nc1cc(C(F)(F)F)ccc1Cl. The van der Waals surface area contributed by atoms with Crippen molar-refractivity contribution in [3.05, 3.63) is 64.4 Å². The smallest absolute Gasteiger partial charge is 0.324 e. The zero-order chi connectivity index (χ0) is 21.0. The molecule has 0 saturated carbocycles. The number of carbonyl (C=O) groups is 1. The normalized spacial score (nSPS) is 16.0. The van der Waals surface area contributed by atoms with Gasteiger partial charge in [0.1, 0.15) is 5.82 Å². The summed E-state index contributed by atoms with van der Waals surface area (Å²) in [6, 6.07) is 9.25. The van der Waals surface area contributed by atoms with Crippen LogP contribution in [0.15, 0.2) is 42.5 Å². The van der Waals surface area contributed by atoms with E-state index in [0.29, 0.717) is 32.7 Å². The lowest BCUT2D eigenvalue weighted by Crippen LogP contribution is -2.48. The highest BCUT2D eigenvalue weighted by atomic mass is 35.5. The second-order valence-corrected chi connectivity index (χ2v) is 7.33. The molecule has 1 aliphatic rings. The molecule has 9 heteroatoms. The second kappa shape index (κ2) is 9.11. The lowest BCUT2D eigenvalue weighted by Gasteiger charge is -2.34. The van der Waals surface area contributed by atoms with Gasteiger partial charge in [-0.15, -0.1) is 0 Å². The summed E-state index contributed by atoms with van der Waals surface area (Å²) in [4.78, 5) is 16.3. The van der Waals surface area contributed by atoms with E-state index in [9.17, 15) is 22.4 Å². The highest BCUT2D eigenvalue weighted by Gasteiger charge is 2.31. The van der Waals surface area contributed by atoms with Crippen molar-refractivity contribution < 1.29 is 22.4 Å². The lowest BCUT2D eigenvalue weighted by molar-refractivity contribution is -0.137. The molecule has 0 aliphatic carbocycles. The fourth-order valence-electron chi connectivity index (χ4n) is 3.19. The summed E-state index contributed by atoms with van der Waals surface area (Å²) in [5.41, 5.74) is -0.0465. The summed E-state index contributed by atoms with van der Waals surface area (Å²) < 4.78 is 51.8. The molecule has 0 unspecified atom stereocenters. The summed E-state index contributed by atoms with van der Waals surface area (Å²) in [5, 5.41) is 2.51. The zero-order valence-electron chi connectivity index (χ0n) is 15.5. The first-order chi connectivity index (χ1) is 13.7. The largest absolute Gasteiger partial charge is 0.416 e. The van der Waals surface area contributed by atoms with Crippen LogP contribution in [0.25, 0.3) is 0 Å². The summed E-state index contributed by atoms with van der Waals surface area (Å²) in [7, 11) is 0. The van der Waals surface area contributed by atoms with E-state index in [0.717, 1.165) is 23.8 Å². The van der Waals surface area contributed by atoms with Crippen LogP contribution < -0.4 is 5.32 Å². The number of anilines is 1. The summed E-state index contributed by atoms with van der Waals surface area (Å²) in [6.45, 7) is 3.33. The molecule has 1 fully saturated rings. The molecule has 4 nitrogen and oxygen atoms in total. The van der Waals surface area contributed by atoms with Crippen LogP contribution in [0.1, 0.15) is 11.1 Å². The average Bonchev–Trinajstić information content (AvgIpc) is 2.64. The van der Waals surface area contributed by atoms with Gasteiger partial charge in [0, 0.05) is 32.7 Å². The zero-order valence-corrected chi connectivity index (χ0v) is 16.2. The Morgan fingerprint density at radius 3 is 2.38 bits per heavy atom. The predicted molar refractivity (Wildman–Crippen MR) is 103 cm³/mol. The van der Waals surface area contributed by atoms with Crippen molar-refractivity contribution in [2.24, 2.45) is 0 Å². The van der Waals surface area contributed by atoms with Crippen molar-refractivity contribution >= 4 is 23.2 Å². The van der Waals surface area contributed by atoms with Gasteiger partial charge in [-0.1, -0.05) is 23.7 Å². The number of nitrogens with one attached hydrogen (secondary N) is 1. The van der Waals surface area contributed by atoms with Gasteiger partial charge in [0.05, 0.1) is 22.8 Å². The number of halogens is 5. The molecule has 1 aliphatic heterocycles. The van der Waals surface area contributed by atoms with Crippen LogP contribution in [0, 0.1) is 5.82 Å². The van der Waals surface area contributed by atoms with Gasteiger partial charge in [0.15, 0.2) is 0 Å². The molecule has 0 radical (unpaired) electrons. The lowest BCUT2D eigenvalue weighted by atomic mass is 10.2. The third kappa shape index (κ3) is 6.16. The number of alkyl halides is 3. The Bertz CT molecular complexity index is 867. The first-order valence-electron chi connectivity index (χ1n) is 9.06. The van der Waals surface area contributed by atoms with Crippen LogP contribution in [-0.4, -0.2) is 48.4 Å². The minimum absolute atomic E-state index is 0.0475. The number of nitrogens with zero attached hydrogens (tertiary/aromatic N) is 2. The molecule has 1 heterocycles. The van der Waals surface area contributed by atoms with E-state index < -0.39 is 17.6 Å². The molecule has 0 atom stereocenters. The highest BCUT2D eigenvalue weighted by molar-refractivity contribution is 6.33. The van der Waals surface area contributed by atoms with Gasteiger partial charge < -0.3 is 5.32 Å². The third-order valence-electron chi connectivity index (χ3n) is 4.70. The van der Waals surface area contributed by atoms with E-state index in [-0.39, 0.29) is 23.1 Å². The molecule has 0 spiro atoms. The second-order valence-electron chi connectivity index (χ2n) is 6.92. The Kier molecular flexibility index (Phi) is 6.77. The summed E-state index contributed by atoms with van der Waals surface area (Å²) >= 11 is 5.91. The molecule has 1 amide bonds. The van der Waals surface area contributed by atoms with E-state index in [4.69, 9.17) is 11.6 Å². The summed E-state index contributed by atoms with van der Waals surface area (Å²) in [6.07, 6.45) is -4.51. The van der Waals surface area contributed by atoms with Crippen LogP contribution in [0.3, 0.4) is 0 Å². The maximum Gasteiger partial charge on any atom is 0.416 e. The van der Waals surface area contributed by atoms with E-state index >= 15 is 0 Å². The molecule has 2 aromatic rings. The Hall–Kier alpha value is -2.16. The van der Waals surface area contributed by atoms with Crippen molar-refractivity contribution in [1.82, 2.24) is 9.80 Å². The summed E-state index contributed by atoms with van der Waals surface area (Å²) in [5.74, 6) is -0.698. The molecule has 0 aromatic heterocycles. The Balaban J connectivity index is 1.50. The number of carbonyl (C=O) groups excluding carboxylic acids is 1. The Morgan fingerprint density at radius 2 is 1.72 bits per heavy atom. The van der Waals surface area contributed by atoms with Crippen LogP contribution in [0.2, 0.25) is 5.02 Å². The minimum Gasteiger partial charge on any atom is -0.324 e. The fraction of sp³-hybridized carbons (Fsp3) is 0.350. The van der Waals surface area contributed by atoms with E-state index in [1.54, 1.807) is 6.07 Å². The molecular formula is C20H20ClF4N3O. The van der Waals surface area contributed by atoms with Crippen molar-refractivity contribution in [1.29, 1.82) is 0 Å². The van der Waals surface area contributed by atoms with Crippen LogP contribution in [-0.2, 0) is 17.5 Å². The molecule has 29 heavy (non-hydrogen) atoms. The monoisotopic (exact) mass is 429 g/mol. The quantitative estimate of drug-likeness (QED) is 0.722.